The van der Waals surface area contributed by atoms with Crippen molar-refractivity contribution in [1.29, 1.82) is 5.41 Å². The third kappa shape index (κ3) is 2.58. The number of nitrogens with two attached hydrogens (primary N) is 1. The molecule has 1 spiro atoms. The van der Waals surface area contributed by atoms with Crippen LogP contribution in [0.15, 0.2) is 42.6 Å². The largest absolute Gasteiger partial charge is 0.464 e. The lowest BCUT2D eigenvalue weighted by Crippen LogP contribution is -2.29. The second-order valence-electron chi connectivity index (χ2n) is 7.21. The van der Waals surface area contributed by atoms with Gasteiger partial charge in [-0.15, -0.1) is 0 Å². The molecule has 27 heavy (non-hydrogen) atoms. The summed E-state index contributed by atoms with van der Waals surface area (Å²) in [4.78, 5) is 3.79. The number of hydrogen-bond donors (Lipinski definition) is 3. The van der Waals surface area contributed by atoms with Gasteiger partial charge >= 0.3 is 6.18 Å². The van der Waals surface area contributed by atoms with Gasteiger partial charge in [-0.1, -0.05) is 12.1 Å². The van der Waals surface area contributed by atoms with E-state index in [4.69, 9.17) is 15.9 Å². The Kier molecular flexibility index (Phi) is 3.75. The zero-order chi connectivity index (χ0) is 19.4. The van der Waals surface area contributed by atoms with Crippen molar-refractivity contribution in [2.45, 2.75) is 24.6 Å². The van der Waals surface area contributed by atoms with Crippen LogP contribution in [-0.2, 0) is 6.18 Å². The van der Waals surface area contributed by atoms with E-state index in [9.17, 15) is 13.2 Å². The van der Waals surface area contributed by atoms with E-state index in [0.717, 1.165) is 17.8 Å². The molecular formula is C19H19F3N4O. The van der Waals surface area contributed by atoms with Crippen LogP contribution in [0, 0.1) is 10.8 Å². The Labute approximate surface area is 154 Å². The van der Waals surface area contributed by atoms with E-state index in [2.05, 4.69) is 10.3 Å². The van der Waals surface area contributed by atoms with Crippen LogP contribution in [0.1, 0.15) is 24.0 Å². The molecule has 2 heterocycles. The Morgan fingerprint density at radius 2 is 1.93 bits per heavy atom. The summed E-state index contributed by atoms with van der Waals surface area (Å²) in [5.74, 6) is 0.0973. The fourth-order valence-electron chi connectivity index (χ4n) is 4.16. The van der Waals surface area contributed by atoms with E-state index in [1.54, 1.807) is 6.92 Å². The highest BCUT2D eigenvalue weighted by molar-refractivity contribution is 6.15. The number of benzene rings is 1. The Morgan fingerprint density at radius 1 is 1.22 bits per heavy atom. The maximum absolute atomic E-state index is 12.7. The Balaban J connectivity index is 1.60. The molecule has 0 amide bonds. The number of ether oxygens (including phenoxy) is 1. The van der Waals surface area contributed by atoms with Crippen LogP contribution in [0.25, 0.3) is 0 Å². The molecule has 1 aromatic heterocycles. The highest BCUT2D eigenvalue weighted by Crippen LogP contribution is 2.63. The molecule has 1 saturated heterocycles. The van der Waals surface area contributed by atoms with E-state index < -0.39 is 22.8 Å². The van der Waals surface area contributed by atoms with Crippen LogP contribution in [0.4, 0.5) is 18.9 Å². The number of nitrogens with one attached hydrogen (secondary N) is 2. The summed E-state index contributed by atoms with van der Waals surface area (Å²) in [7, 11) is 0. The minimum atomic E-state index is -4.45. The summed E-state index contributed by atoms with van der Waals surface area (Å²) >= 11 is 0. The van der Waals surface area contributed by atoms with Gasteiger partial charge in [0.15, 0.2) is 5.60 Å². The van der Waals surface area contributed by atoms with Crippen LogP contribution >= 0.6 is 0 Å². The average molecular weight is 376 g/mol. The van der Waals surface area contributed by atoms with Crippen molar-refractivity contribution < 1.29 is 17.9 Å². The highest BCUT2D eigenvalue weighted by atomic mass is 19.4. The maximum atomic E-state index is 12.7. The summed E-state index contributed by atoms with van der Waals surface area (Å²) in [6.07, 6.45) is -3.69. The molecule has 1 aliphatic heterocycles. The van der Waals surface area contributed by atoms with Gasteiger partial charge in [-0.3, -0.25) is 0 Å². The molecule has 142 valence electrons. The second-order valence-corrected chi connectivity index (χ2v) is 7.21. The van der Waals surface area contributed by atoms with Gasteiger partial charge in [-0.25, -0.2) is 4.98 Å². The minimum absolute atomic E-state index is 0.0186. The van der Waals surface area contributed by atoms with E-state index in [0.29, 0.717) is 24.5 Å². The lowest BCUT2D eigenvalue weighted by atomic mass is 9.83. The van der Waals surface area contributed by atoms with Gasteiger partial charge in [-0.2, -0.15) is 13.2 Å². The molecule has 3 atom stereocenters. The molecule has 1 aliphatic carbocycles. The first kappa shape index (κ1) is 17.8. The second kappa shape index (κ2) is 5.69. The summed E-state index contributed by atoms with van der Waals surface area (Å²) in [5.41, 5.74) is 5.60. The van der Waals surface area contributed by atoms with Crippen molar-refractivity contribution in [3.63, 3.8) is 0 Å². The lowest BCUT2D eigenvalue weighted by molar-refractivity contribution is -0.137. The van der Waals surface area contributed by atoms with Crippen LogP contribution in [0.2, 0.25) is 0 Å². The number of nitrogen functional groups attached to an aromatic ring is 1. The quantitative estimate of drug-likeness (QED) is 0.718. The monoisotopic (exact) mass is 376 g/mol. The number of halogens is 3. The molecule has 4 rings (SSSR count). The van der Waals surface area contributed by atoms with Gasteiger partial charge in [0, 0.05) is 37.0 Å². The van der Waals surface area contributed by atoms with Crippen LogP contribution in [-0.4, -0.2) is 29.4 Å². The Hall–Kier alpha value is -2.61. The molecule has 8 heteroatoms. The number of rotatable bonds is 3. The Morgan fingerprint density at radius 3 is 2.52 bits per heavy atom. The number of alkyl halides is 3. The fourth-order valence-corrected chi connectivity index (χ4v) is 4.16. The SMILES string of the molecule is C[C@@]1(Oc2ccc(C(F)(F)F)cn2)C(=N)C12CNC[C@@H]2c1ccc(N)cc1. The molecule has 1 saturated carbocycles. The molecule has 2 fully saturated rings. The predicted molar refractivity (Wildman–Crippen MR) is 94.9 cm³/mol. The molecule has 2 aliphatic rings. The Bertz CT molecular complexity index is 881. The van der Waals surface area contributed by atoms with Crippen LogP contribution in [0.3, 0.4) is 0 Å². The first-order chi connectivity index (χ1) is 12.7. The van der Waals surface area contributed by atoms with Crippen molar-refractivity contribution in [2.24, 2.45) is 5.41 Å². The molecule has 0 bridgehead atoms. The normalized spacial score (nSPS) is 29.9. The van der Waals surface area contributed by atoms with E-state index >= 15 is 0 Å². The van der Waals surface area contributed by atoms with Gasteiger partial charge < -0.3 is 21.2 Å². The van der Waals surface area contributed by atoms with Crippen LogP contribution in [0.5, 0.6) is 5.88 Å². The van der Waals surface area contributed by atoms with E-state index in [-0.39, 0.29) is 11.8 Å². The minimum Gasteiger partial charge on any atom is -0.464 e. The van der Waals surface area contributed by atoms with E-state index in [1.165, 1.54) is 6.07 Å². The van der Waals surface area contributed by atoms with Gasteiger partial charge in [0.05, 0.1) is 16.7 Å². The summed E-state index contributed by atoms with van der Waals surface area (Å²) in [5, 5.41) is 11.8. The van der Waals surface area contributed by atoms with Gasteiger partial charge in [-0.05, 0) is 30.7 Å². The molecular weight excluding hydrogens is 357 g/mol. The van der Waals surface area contributed by atoms with E-state index in [1.807, 2.05) is 24.3 Å². The number of nitrogens with zero attached hydrogens (tertiary/aromatic N) is 1. The van der Waals surface area contributed by atoms with Crippen molar-refractivity contribution in [2.75, 3.05) is 18.8 Å². The van der Waals surface area contributed by atoms with Crippen LogP contribution < -0.4 is 15.8 Å². The van der Waals surface area contributed by atoms with Gasteiger partial charge in [0.2, 0.25) is 5.88 Å². The van der Waals surface area contributed by atoms with Gasteiger partial charge in [0.25, 0.3) is 0 Å². The van der Waals surface area contributed by atoms with Crippen molar-refractivity contribution >= 4 is 11.4 Å². The predicted octanol–water partition coefficient (Wildman–Crippen LogP) is 3.23. The van der Waals surface area contributed by atoms with Gasteiger partial charge in [0.1, 0.15) is 0 Å². The molecule has 5 nitrogen and oxygen atoms in total. The number of aromatic nitrogens is 1. The van der Waals surface area contributed by atoms with Crippen molar-refractivity contribution in [1.82, 2.24) is 10.3 Å². The third-order valence-corrected chi connectivity index (χ3v) is 5.77. The maximum Gasteiger partial charge on any atom is 0.417 e. The van der Waals surface area contributed by atoms with Crippen molar-refractivity contribution in [3.05, 3.63) is 53.7 Å². The zero-order valence-electron chi connectivity index (χ0n) is 14.6. The third-order valence-electron chi connectivity index (χ3n) is 5.77. The number of hydrogen-bond acceptors (Lipinski definition) is 5. The molecule has 1 aromatic carbocycles. The first-order valence-corrected chi connectivity index (χ1v) is 8.56. The highest BCUT2D eigenvalue weighted by Gasteiger charge is 2.78. The topological polar surface area (TPSA) is 84.0 Å². The fraction of sp³-hybridized carbons (Fsp3) is 0.368. The summed E-state index contributed by atoms with van der Waals surface area (Å²) < 4.78 is 44.1. The first-order valence-electron chi connectivity index (χ1n) is 8.56. The number of anilines is 1. The average Bonchev–Trinajstić information content (AvgIpc) is 2.95. The lowest BCUT2D eigenvalue weighted by Gasteiger charge is -2.23. The standard InChI is InChI=1S/C19H19F3N4O/c1-17(27-15-7-4-12(8-26-15)19(20,21)22)16(24)18(17)10-25-9-14(18)11-2-5-13(23)6-3-11/h2-8,14,24-25H,9-10,23H2,1H3/t14-,17-,18?/m1/s1. The summed E-state index contributed by atoms with van der Waals surface area (Å²) in [6.45, 7) is 3.05. The zero-order valence-corrected chi connectivity index (χ0v) is 14.6. The molecule has 2 aromatic rings. The summed E-state index contributed by atoms with van der Waals surface area (Å²) in [6, 6.07) is 9.67. The molecule has 0 radical (unpaired) electrons. The smallest absolute Gasteiger partial charge is 0.417 e. The number of pyridine rings is 1. The molecule has 1 unspecified atom stereocenters. The van der Waals surface area contributed by atoms with Crippen molar-refractivity contribution in [3.8, 4) is 5.88 Å². The molecule has 4 N–H and O–H groups in total.